The van der Waals surface area contributed by atoms with E-state index in [0.717, 1.165) is 0 Å². The summed E-state index contributed by atoms with van der Waals surface area (Å²) in [7, 11) is 0. The molecule has 150 valence electrons. The molecular formula is C17H27N5O5. The molecule has 0 aliphatic carbocycles. The molecule has 2 heterocycles. The Labute approximate surface area is 157 Å². The standard InChI is InChI=1S/C17H27N5O5/c1-10(2)25-6-13(7-26-11(3)4)27-9-22-8-18-15-14(22)16(24)21-17(20-15)19-12(5)23/h8,10-11,13H,6-7,9H2,1-5H3,(H2,19,20,21,23,24). The average Bonchev–Trinajstić information content (AvgIpc) is 2.96. The first-order valence-corrected chi connectivity index (χ1v) is 8.83. The fourth-order valence-corrected chi connectivity index (χ4v) is 2.24. The summed E-state index contributed by atoms with van der Waals surface area (Å²) in [5.41, 5.74) is 0.0650. The summed E-state index contributed by atoms with van der Waals surface area (Å²) in [6, 6.07) is 0. The summed E-state index contributed by atoms with van der Waals surface area (Å²) in [5, 5.41) is 2.43. The maximum absolute atomic E-state index is 12.3. The number of imidazole rings is 1. The number of carbonyl (C=O) groups excluding carboxylic acids is 1. The first-order chi connectivity index (χ1) is 12.8. The third-order valence-corrected chi connectivity index (χ3v) is 3.46. The molecule has 0 fully saturated rings. The molecule has 2 N–H and O–H groups in total. The van der Waals surface area contributed by atoms with Crippen LogP contribution in [0.2, 0.25) is 0 Å². The van der Waals surface area contributed by atoms with E-state index in [1.807, 2.05) is 27.7 Å². The maximum Gasteiger partial charge on any atom is 0.278 e. The van der Waals surface area contributed by atoms with Crippen LogP contribution in [-0.2, 0) is 25.7 Å². The highest BCUT2D eigenvalue weighted by molar-refractivity contribution is 5.87. The van der Waals surface area contributed by atoms with E-state index in [0.29, 0.717) is 13.2 Å². The first kappa shape index (κ1) is 21.0. The Bertz CT molecular complexity index is 802. The predicted molar refractivity (Wildman–Crippen MR) is 99.5 cm³/mol. The minimum absolute atomic E-state index is 0.0553. The second kappa shape index (κ2) is 9.58. The van der Waals surface area contributed by atoms with Crippen molar-refractivity contribution in [3.63, 3.8) is 0 Å². The van der Waals surface area contributed by atoms with Gasteiger partial charge in [0.15, 0.2) is 11.2 Å². The van der Waals surface area contributed by atoms with Crippen LogP contribution >= 0.6 is 0 Å². The fraction of sp³-hybridized carbons (Fsp3) is 0.647. The molecule has 0 spiro atoms. The van der Waals surface area contributed by atoms with Crippen LogP contribution in [0, 0.1) is 0 Å². The minimum atomic E-state index is -0.418. The number of nitrogens with one attached hydrogen (secondary N) is 2. The number of amides is 1. The first-order valence-electron chi connectivity index (χ1n) is 8.83. The molecule has 0 aromatic carbocycles. The van der Waals surface area contributed by atoms with E-state index in [1.165, 1.54) is 13.3 Å². The Morgan fingerprint density at radius 2 is 1.81 bits per heavy atom. The van der Waals surface area contributed by atoms with Crippen molar-refractivity contribution in [1.29, 1.82) is 0 Å². The van der Waals surface area contributed by atoms with Gasteiger partial charge in [-0.1, -0.05) is 0 Å². The molecule has 2 rings (SSSR count). The minimum Gasteiger partial charge on any atom is -0.376 e. The topological polar surface area (TPSA) is 120 Å². The van der Waals surface area contributed by atoms with E-state index >= 15 is 0 Å². The molecule has 0 radical (unpaired) electrons. The molecule has 0 aliphatic rings. The molecule has 0 saturated carbocycles. The molecule has 1 amide bonds. The van der Waals surface area contributed by atoms with Gasteiger partial charge in [0.2, 0.25) is 11.9 Å². The monoisotopic (exact) mass is 381 g/mol. The average molecular weight is 381 g/mol. The van der Waals surface area contributed by atoms with Crippen LogP contribution in [0.4, 0.5) is 5.95 Å². The van der Waals surface area contributed by atoms with Gasteiger partial charge in [-0.05, 0) is 27.7 Å². The molecular weight excluding hydrogens is 354 g/mol. The molecule has 10 nitrogen and oxygen atoms in total. The van der Waals surface area contributed by atoms with Crippen molar-refractivity contribution in [2.45, 2.75) is 59.7 Å². The van der Waals surface area contributed by atoms with Gasteiger partial charge in [-0.3, -0.25) is 19.9 Å². The Kier molecular flexibility index (Phi) is 7.45. The SMILES string of the molecule is CC(=O)Nc1nc2ncn(COC(COC(C)C)COC(C)C)c2c(=O)[nH]1. The quantitative estimate of drug-likeness (QED) is 0.636. The summed E-state index contributed by atoms with van der Waals surface area (Å²) < 4.78 is 18.7. The van der Waals surface area contributed by atoms with Gasteiger partial charge in [0.1, 0.15) is 12.8 Å². The summed E-state index contributed by atoms with van der Waals surface area (Å²) in [5.74, 6) is -0.280. The summed E-state index contributed by atoms with van der Waals surface area (Å²) in [4.78, 5) is 34.2. The molecule has 0 aliphatic heterocycles. The van der Waals surface area contributed by atoms with Crippen LogP contribution in [0.25, 0.3) is 11.2 Å². The lowest BCUT2D eigenvalue weighted by molar-refractivity contribution is -0.114. The lowest BCUT2D eigenvalue weighted by Crippen LogP contribution is -2.29. The Hall–Kier alpha value is -2.30. The zero-order valence-electron chi connectivity index (χ0n) is 16.3. The molecule has 2 aromatic heterocycles. The third-order valence-electron chi connectivity index (χ3n) is 3.46. The van der Waals surface area contributed by atoms with Gasteiger partial charge < -0.3 is 18.8 Å². The van der Waals surface area contributed by atoms with Gasteiger partial charge in [0.05, 0.1) is 31.7 Å². The molecule has 10 heteroatoms. The molecule has 2 aromatic rings. The second-order valence-electron chi connectivity index (χ2n) is 6.66. The van der Waals surface area contributed by atoms with Gasteiger partial charge in [0.25, 0.3) is 5.56 Å². The van der Waals surface area contributed by atoms with Gasteiger partial charge in [0, 0.05) is 6.92 Å². The van der Waals surface area contributed by atoms with Crippen LogP contribution in [0.5, 0.6) is 0 Å². The van der Waals surface area contributed by atoms with Gasteiger partial charge in [-0.15, -0.1) is 0 Å². The lowest BCUT2D eigenvalue weighted by atomic mass is 10.3. The molecule has 0 bridgehead atoms. The number of H-pyrrole nitrogens is 1. The third kappa shape index (κ3) is 6.42. The van der Waals surface area contributed by atoms with E-state index in [4.69, 9.17) is 14.2 Å². The molecule has 0 atom stereocenters. The van der Waals surface area contributed by atoms with E-state index in [-0.39, 0.29) is 48.1 Å². The zero-order valence-corrected chi connectivity index (χ0v) is 16.3. The van der Waals surface area contributed by atoms with Crippen LogP contribution in [0.15, 0.2) is 11.1 Å². The van der Waals surface area contributed by atoms with Crippen molar-refractivity contribution in [3.8, 4) is 0 Å². The van der Waals surface area contributed by atoms with Gasteiger partial charge >= 0.3 is 0 Å². The molecule has 0 saturated heterocycles. The number of hydrogen-bond donors (Lipinski definition) is 2. The van der Waals surface area contributed by atoms with E-state index in [1.54, 1.807) is 4.57 Å². The van der Waals surface area contributed by atoms with E-state index < -0.39 is 5.56 Å². The van der Waals surface area contributed by atoms with Crippen LogP contribution in [-0.4, -0.2) is 57.0 Å². The van der Waals surface area contributed by atoms with Crippen LogP contribution in [0.1, 0.15) is 34.6 Å². The number of aromatic amines is 1. The summed E-state index contributed by atoms with van der Waals surface area (Å²) >= 11 is 0. The number of nitrogens with zero attached hydrogens (tertiary/aromatic N) is 3. The number of ether oxygens (including phenoxy) is 3. The molecule has 27 heavy (non-hydrogen) atoms. The number of anilines is 1. The highest BCUT2D eigenvalue weighted by atomic mass is 16.6. The lowest BCUT2D eigenvalue weighted by Gasteiger charge is -2.21. The van der Waals surface area contributed by atoms with Crippen LogP contribution < -0.4 is 10.9 Å². The highest BCUT2D eigenvalue weighted by Gasteiger charge is 2.15. The normalized spacial score (nSPS) is 11.9. The number of rotatable bonds is 10. The number of carbonyl (C=O) groups is 1. The van der Waals surface area contributed by atoms with Crippen molar-refractivity contribution in [3.05, 3.63) is 16.7 Å². The second-order valence-corrected chi connectivity index (χ2v) is 6.66. The van der Waals surface area contributed by atoms with Crippen LogP contribution in [0.3, 0.4) is 0 Å². The van der Waals surface area contributed by atoms with Crippen molar-refractivity contribution in [2.75, 3.05) is 18.5 Å². The maximum atomic E-state index is 12.3. The Morgan fingerprint density at radius 1 is 1.19 bits per heavy atom. The number of aromatic nitrogens is 4. The largest absolute Gasteiger partial charge is 0.376 e. The zero-order chi connectivity index (χ0) is 20.0. The van der Waals surface area contributed by atoms with Crippen molar-refractivity contribution < 1.29 is 19.0 Å². The fourth-order valence-electron chi connectivity index (χ4n) is 2.24. The van der Waals surface area contributed by atoms with Gasteiger partial charge in [-0.25, -0.2) is 4.98 Å². The number of hydrogen-bond acceptors (Lipinski definition) is 7. The predicted octanol–water partition coefficient (Wildman–Crippen LogP) is 1.27. The van der Waals surface area contributed by atoms with Crippen molar-refractivity contribution in [2.24, 2.45) is 0 Å². The summed E-state index contributed by atoms with van der Waals surface area (Å²) in [6.07, 6.45) is 1.32. The van der Waals surface area contributed by atoms with E-state index in [9.17, 15) is 9.59 Å². The van der Waals surface area contributed by atoms with Crippen molar-refractivity contribution in [1.82, 2.24) is 19.5 Å². The smallest absolute Gasteiger partial charge is 0.278 e. The van der Waals surface area contributed by atoms with Gasteiger partial charge in [-0.2, -0.15) is 4.98 Å². The molecule has 0 unspecified atom stereocenters. The highest BCUT2D eigenvalue weighted by Crippen LogP contribution is 2.09. The van der Waals surface area contributed by atoms with E-state index in [2.05, 4.69) is 20.3 Å². The summed E-state index contributed by atoms with van der Waals surface area (Å²) in [6.45, 7) is 9.95. The number of fused-ring (bicyclic) bond motifs is 1. The van der Waals surface area contributed by atoms with Crippen molar-refractivity contribution >= 4 is 23.0 Å². The Balaban J connectivity index is 2.11. The Morgan fingerprint density at radius 3 is 2.37 bits per heavy atom.